The molecule has 0 fully saturated rings. The van der Waals surface area contributed by atoms with Crippen LogP contribution in [0, 0.1) is 0 Å². The summed E-state index contributed by atoms with van der Waals surface area (Å²) in [7, 11) is 1.60. The molecule has 1 aliphatic heterocycles. The van der Waals surface area contributed by atoms with Gasteiger partial charge < -0.3 is 10.8 Å². The quantitative estimate of drug-likeness (QED) is 0.420. The second-order valence-corrected chi connectivity index (χ2v) is 2.04. The van der Waals surface area contributed by atoms with E-state index in [1.54, 1.807) is 18.0 Å². The number of nitrogens with two attached hydrogens (primary N) is 1. The maximum absolute atomic E-state index is 8.84. The van der Waals surface area contributed by atoms with Gasteiger partial charge >= 0.3 is 0 Å². The van der Waals surface area contributed by atoms with Crippen LogP contribution in [0.15, 0.2) is 21.9 Å². The number of halogens is 1. The maximum Gasteiger partial charge on any atom is 0.209 e. The number of aliphatic hydroxyl groups is 1. The molecule has 1 rings (SSSR count). The van der Waals surface area contributed by atoms with Crippen molar-refractivity contribution in [2.75, 3.05) is 13.6 Å². The van der Waals surface area contributed by atoms with Crippen LogP contribution in [0.25, 0.3) is 0 Å². The van der Waals surface area contributed by atoms with Crippen LogP contribution in [0.2, 0.25) is 0 Å². The van der Waals surface area contributed by atoms with Crippen LogP contribution in [-0.2, 0) is 0 Å². The molecule has 0 amide bonds. The SMILES string of the molecule is CN=C(N)N1C=NC(O)=CC1.Cl. The molecule has 1 aliphatic rings. The molecule has 0 unspecified atom stereocenters. The van der Waals surface area contributed by atoms with Crippen molar-refractivity contribution in [2.24, 2.45) is 15.7 Å². The van der Waals surface area contributed by atoms with Gasteiger partial charge in [-0.15, -0.1) is 12.4 Å². The zero-order valence-electron chi connectivity index (χ0n) is 6.64. The highest BCUT2D eigenvalue weighted by Crippen LogP contribution is 1.98. The first kappa shape index (κ1) is 10.8. The van der Waals surface area contributed by atoms with Crippen LogP contribution in [-0.4, -0.2) is 35.9 Å². The molecule has 6 heteroatoms. The molecule has 0 aromatic rings. The minimum Gasteiger partial charge on any atom is -0.493 e. The van der Waals surface area contributed by atoms with Gasteiger partial charge in [-0.1, -0.05) is 0 Å². The third-order valence-electron chi connectivity index (χ3n) is 1.32. The van der Waals surface area contributed by atoms with Crippen molar-refractivity contribution in [1.82, 2.24) is 4.90 Å². The van der Waals surface area contributed by atoms with E-state index in [-0.39, 0.29) is 18.3 Å². The summed E-state index contributed by atoms with van der Waals surface area (Å²) in [5.41, 5.74) is 5.47. The summed E-state index contributed by atoms with van der Waals surface area (Å²) in [5.74, 6) is 0.405. The van der Waals surface area contributed by atoms with Crippen molar-refractivity contribution in [3.63, 3.8) is 0 Å². The molecule has 68 valence electrons. The van der Waals surface area contributed by atoms with E-state index >= 15 is 0 Å². The third-order valence-corrected chi connectivity index (χ3v) is 1.32. The highest BCUT2D eigenvalue weighted by molar-refractivity contribution is 5.89. The van der Waals surface area contributed by atoms with Crippen molar-refractivity contribution < 1.29 is 5.11 Å². The highest BCUT2D eigenvalue weighted by atomic mass is 35.5. The van der Waals surface area contributed by atoms with E-state index in [1.165, 1.54) is 6.34 Å². The van der Waals surface area contributed by atoms with Gasteiger partial charge in [-0.2, -0.15) is 0 Å². The molecule has 0 aromatic carbocycles. The Balaban J connectivity index is 0.00000121. The molecule has 0 aromatic heterocycles. The van der Waals surface area contributed by atoms with Gasteiger partial charge in [-0.05, 0) is 6.08 Å². The summed E-state index contributed by atoms with van der Waals surface area (Å²) in [6, 6.07) is 0. The van der Waals surface area contributed by atoms with Gasteiger partial charge in [-0.3, -0.25) is 9.89 Å². The standard InChI is InChI=1S/C6H10N4O.ClH/c1-8-6(7)10-3-2-5(11)9-4-10;/h2,4,11H,3H2,1H3,(H2,7,8);1H. The molecule has 0 bridgehead atoms. The summed E-state index contributed by atoms with van der Waals surface area (Å²) in [5, 5.41) is 8.84. The molecular weight excluding hydrogens is 180 g/mol. The fourth-order valence-electron chi connectivity index (χ4n) is 0.690. The lowest BCUT2D eigenvalue weighted by atomic mass is 10.5. The number of hydrogen-bond acceptors (Lipinski definition) is 3. The summed E-state index contributed by atoms with van der Waals surface area (Å²) in [6.45, 7) is 0.512. The summed E-state index contributed by atoms with van der Waals surface area (Å²) in [4.78, 5) is 9.02. The topological polar surface area (TPSA) is 74.2 Å². The monoisotopic (exact) mass is 190 g/mol. The minimum absolute atomic E-state index is 0. The smallest absolute Gasteiger partial charge is 0.209 e. The fraction of sp³-hybridized carbons (Fsp3) is 0.333. The Morgan fingerprint density at radius 2 is 2.50 bits per heavy atom. The molecule has 0 atom stereocenters. The first-order chi connectivity index (χ1) is 5.24. The summed E-state index contributed by atoms with van der Waals surface area (Å²) >= 11 is 0. The molecule has 3 N–H and O–H groups in total. The van der Waals surface area contributed by atoms with E-state index < -0.39 is 0 Å². The van der Waals surface area contributed by atoms with Gasteiger partial charge in [0.15, 0.2) is 5.96 Å². The first-order valence-corrected chi connectivity index (χ1v) is 3.16. The second kappa shape index (κ2) is 4.61. The van der Waals surface area contributed by atoms with Gasteiger partial charge in [0, 0.05) is 7.05 Å². The number of aliphatic hydroxyl groups excluding tert-OH is 1. The molecule has 12 heavy (non-hydrogen) atoms. The zero-order chi connectivity index (χ0) is 8.27. The van der Waals surface area contributed by atoms with Crippen LogP contribution in [0.4, 0.5) is 0 Å². The average Bonchev–Trinajstić information content (AvgIpc) is 2.05. The molecule has 0 radical (unpaired) electrons. The largest absolute Gasteiger partial charge is 0.493 e. The average molecular weight is 191 g/mol. The minimum atomic E-state index is 0. The van der Waals surface area contributed by atoms with E-state index in [2.05, 4.69) is 9.98 Å². The van der Waals surface area contributed by atoms with Gasteiger partial charge in [0.25, 0.3) is 0 Å². The van der Waals surface area contributed by atoms with Gasteiger partial charge in [-0.25, -0.2) is 4.99 Å². The van der Waals surface area contributed by atoms with E-state index in [4.69, 9.17) is 10.8 Å². The van der Waals surface area contributed by atoms with Crippen molar-refractivity contribution in [3.8, 4) is 0 Å². The Morgan fingerprint density at radius 3 is 2.92 bits per heavy atom. The number of rotatable bonds is 0. The van der Waals surface area contributed by atoms with E-state index in [1.807, 2.05) is 0 Å². The molecule has 0 saturated carbocycles. The molecule has 0 aliphatic carbocycles. The Bertz CT molecular complexity index is 236. The molecule has 5 nitrogen and oxygen atoms in total. The van der Waals surface area contributed by atoms with E-state index in [0.29, 0.717) is 12.5 Å². The van der Waals surface area contributed by atoms with Crippen LogP contribution < -0.4 is 5.73 Å². The van der Waals surface area contributed by atoms with Crippen LogP contribution in [0.3, 0.4) is 0 Å². The zero-order valence-corrected chi connectivity index (χ0v) is 7.45. The van der Waals surface area contributed by atoms with Crippen molar-refractivity contribution in [3.05, 3.63) is 12.0 Å². The summed E-state index contributed by atoms with van der Waals surface area (Å²) in [6.07, 6.45) is 3.00. The number of nitrogens with zero attached hydrogens (tertiary/aromatic N) is 3. The number of aliphatic imine (C=N–C) groups is 2. The highest BCUT2D eigenvalue weighted by Gasteiger charge is 2.06. The van der Waals surface area contributed by atoms with Crippen LogP contribution >= 0.6 is 12.4 Å². The third kappa shape index (κ3) is 2.43. The lowest BCUT2D eigenvalue weighted by Gasteiger charge is -2.17. The second-order valence-electron chi connectivity index (χ2n) is 2.04. The normalized spacial score (nSPS) is 16.9. The predicted molar refractivity (Wildman–Crippen MR) is 50.7 cm³/mol. The van der Waals surface area contributed by atoms with E-state index in [9.17, 15) is 0 Å². The van der Waals surface area contributed by atoms with Gasteiger partial charge in [0.2, 0.25) is 5.88 Å². The van der Waals surface area contributed by atoms with Gasteiger partial charge in [0.05, 0.1) is 6.54 Å². The fourth-order valence-corrected chi connectivity index (χ4v) is 0.690. The molecular formula is C6H11ClN4O. The van der Waals surface area contributed by atoms with E-state index in [0.717, 1.165) is 0 Å². The summed E-state index contributed by atoms with van der Waals surface area (Å²) < 4.78 is 0. The van der Waals surface area contributed by atoms with Crippen molar-refractivity contribution in [2.45, 2.75) is 0 Å². The Morgan fingerprint density at radius 1 is 1.83 bits per heavy atom. The Labute approximate surface area is 76.7 Å². The Hall–Kier alpha value is -1.23. The predicted octanol–water partition coefficient (Wildman–Crippen LogP) is 0.0960. The molecule has 0 saturated heterocycles. The number of guanidine groups is 1. The maximum atomic E-state index is 8.84. The van der Waals surface area contributed by atoms with Crippen molar-refractivity contribution >= 4 is 24.7 Å². The lowest BCUT2D eigenvalue weighted by Crippen LogP contribution is -2.37. The van der Waals surface area contributed by atoms with Gasteiger partial charge in [0.1, 0.15) is 6.34 Å². The Kier molecular flexibility index (Phi) is 4.14. The molecule has 0 spiro atoms. The molecule has 1 heterocycles. The number of hydrogen-bond donors (Lipinski definition) is 2. The lowest BCUT2D eigenvalue weighted by molar-refractivity contribution is 0.396. The van der Waals surface area contributed by atoms with Crippen molar-refractivity contribution in [1.29, 1.82) is 0 Å². The first-order valence-electron chi connectivity index (χ1n) is 3.16. The van der Waals surface area contributed by atoms with Crippen LogP contribution in [0.5, 0.6) is 0 Å². The van der Waals surface area contributed by atoms with Crippen LogP contribution in [0.1, 0.15) is 0 Å².